The van der Waals surface area contributed by atoms with Crippen LogP contribution in [0.3, 0.4) is 0 Å². The molecule has 0 spiro atoms. The Hall–Kier alpha value is -1.91. The quantitative estimate of drug-likeness (QED) is 0.774. The molecule has 19 heavy (non-hydrogen) atoms. The molecule has 1 unspecified atom stereocenters. The highest BCUT2D eigenvalue weighted by molar-refractivity contribution is 5.28. The summed E-state index contributed by atoms with van der Waals surface area (Å²) in [6.45, 7) is 0.813. The second-order valence-electron chi connectivity index (χ2n) is 4.34. The predicted molar refractivity (Wildman–Crippen MR) is 71.2 cm³/mol. The van der Waals surface area contributed by atoms with E-state index < -0.39 is 11.9 Å². The van der Waals surface area contributed by atoms with Crippen molar-refractivity contribution in [1.29, 1.82) is 0 Å². The standard InChI is InChI=1S/C15H16FNO2/c16-13-8-11(6-7-14(13)18)9-17-10-15(19)12-4-2-1-3-5-12/h1-8,15,17-19H,9-10H2. The first kappa shape index (κ1) is 13.5. The summed E-state index contributed by atoms with van der Waals surface area (Å²) in [4.78, 5) is 0. The first-order chi connectivity index (χ1) is 9.16. The molecule has 0 aliphatic heterocycles. The van der Waals surface area contributed by atoms with E-state index in [1.165, 1.54) is 12.1 Å². The highest BCUT2D eigenvalue weighted by Gasteiger charge is 2.06. The minimum Gasteiger partial charge on any atom is -0.505 e. The van der Waals surface area contributed by atoms with Gasteiger partial charge in [0.15, 0.2) is 11.6 Å². The molecule has 0 aromatic heterocycles. The van der Waals surface area contributed by atoms with Crippen LogP contribution in [0.25, 0.3) is 0 Å². The molecule has 2 rings (SSSR count). The Balaban J connectivity index is 1.85. The van der Waals surface area contributed by atoms with E-state index >= 15 is 0 Å². The van der Waals surface area contributed by atoms with Gasteiger partial charge < -0.3 is 15.5 Å². The average molecular weight is 261 g/mol. The molecule has 3 N–H and O–H groups in total. The summed E-state index contributed by atoms with van der Waals surface area (Å²) in [7, 11) is 0. The third-order valence-corrected chi connectivity index (χ3v) is 2.86. The van der Waals surface area contributed by atoms with Gasteiger partial charge in [-0.05, 0) is 23.3 Å². The summed E-state index contributed by atoms with van der Waals surface area (Å²) in [5.74, 6) is -0.990. The van der Waals surface area contributed by atoms with Crippen molar-refractivity contribution >= 4 is 0 Å². The van der Waals surface area contributed by atoms with E-state index in [0.717, 1.165) is 11.1 Å². The van der Waals surface area contributed by atoms with E-state index in [0.29, 0.717) is 13.1 Å². The average Bonchev–Trinajstić information content (AvgIpc) is 2.43. The van der Waals surface area contributed by atoms with E-state index in [2.05, 4.69) is 5.32 Å². The molecule has 2 aromatic carbocycles. The number of aliphatic hydroxyl groups is 1. The Labute approximate surface area is 111 Å². The van der Waals surface area contributed by atoms with Gasteiger partial charge in [0.05, 0.1) is 6.10 Å². The fourth-order valence-electron chi connectivity index (χ4n) is 1.81. The molecule has 100 valence electrons. The van der Waals surface area contributed by atoms with Crippen molar-refractivity contribution in [3.8, 4) is 5.75 Å². The van der Waals surface area contributed by atoms with Crippen LogP contribution in [0, 0.1) is 5.82 Å². The fraction of sp³-hybridized carbons (Fsp3) is 0.200. The van der Waals surface area contributed by atoms with Crippen LogP contribution in [-0.4, -0.2) is 16.8 Å². The maximum Gasteiger partial charge on any atom is 0.165 e. The molecule has 0 radical (unpaired) electrons. The van der Waals surface area contributed by atoms with Gasteiger partial charge in [-0.1, -0.05) is 36.4 Å². The van der Waals surface area contributed by atoms with Crippen LogP contribution in [0.15, 0.2) is 48.5 Å². The Morgan fingerprint density at radius 3 is 2.53 bits per heavy atom. The Kier molecular flexibility index (Phi) is 4.49. The predicted octanol–water partition coefficient (Wildman–Crippen LogP) is 2.35. The molecule has 4 heteroatoms. The number of aliphatic hydroxyl groups excluding tert-OH is 1. The first-order valence-corrected chi connectivity index (χ1v) is 6.08. The molecule has 1 atom stereocenters. The maximum atomic E-state index is 13.1. The number of nitrogens with one attached hydrogen (secondary N) is 1. The summed E-state index contributed by atoms with van der Waals surface area (Å²) in [6, 6.07) is 13.6. The number of phenols is 1. The van der Waals surface area contributed by atoms with E-state index in [-0.39, 0.29) is 5.75 Å². The molecule has 3 nitrogen and oxygen atoms in total. The van der Waals surface area contributed by atoms with Gasteiger partial charge in [0.1, 0.15) is 0 Å². The lowest BCUT2D eigenvalue weighted by atomic mass is 10.1. The van der Waals surface area contributed by atoms with E-state index in [1.54, 1.807) is 6.07 Å². The van der Waals surface area contributed by atoms with Crippen molar-refractivity contribution in [1.82, 2.24) is 5.32 Å². The summed E-state index contributed by atoms with van der Waals surface area (Å²) in [5.41, 5.74) is 1.56. The van der Waals surface area contributed by atoms with Crippen molar-refractivity contribution in [2.45, 2.75) is 12.6 Å². The van der Waals surface area contributed by atoms with Gasteiger partial charge in [-0.3, -0.25) is 0 Å². The zero-order valence-electron chi connectivity index (χ0n) is 10.4. The van der Waals surface area contributed by atoms with Gasteiger partial charge in [-0.25, -0.2) is 4.39 Å². The normalized spacial score (nSPS) is 12.3. The SMILES string of the molecule is Oc1ccc(CNCC(O)c2ccccc2)cc1F. The molecule has 2 aromatic rings. The Morgan fingerprint density at radius 1 is 1.11 bits per heavy atom. The van der Waals surface area contributed by atoms with E-state index in [4.69, 9.17) is 5.11 Å². The van der Waals surface area contributed by atoms with Crippen molar-refractivity contribution in [2.24, 2.45) is 0 Å². The van der Waals surface area contributed by atoms with Crippen molar-refractivity contribution in [3.63, 3.8) is 0 Å². The highest BCUT2D eigenvalue weighted by Crippen LogP contribution is 2.16. The van der Waals surface area contributed by atoms with Crippen LogP contribution < -0.4 is 5.32 Å². The Morgan fingerprint density at radius 2 is 1.84 bits per heavy atom. The molecule has 0 bridgehead atoms. The number of benzene rings is 2. The summed E-state index contributed by atoms with van der Waals surface area (Å²) < 4.78 is 13.1. The van der Waals surface area contributed by atoms with Crippen LogP contribution in [0.2, 0.25) is 0 Å². The molecule has 0 saturated carbocycles. The molecule has 0 fully saturated rings. The molecular weight excluding hydrogens is 245 g/mol. The van der Waals surface area contributed by atoms with Crippen LogP contribution in [0.5, 0.6) is 5.75 Å². The lowest BCUT2D eigenvalue weighted by molar-refractivity contribution is 0.174. The number of rotatable bonds is 5. The molecule has 0 heterocycles. The van der Waals surface area contributed by atoms with Gasteiger partial charge in [0, 0.05) is 13.1 Å². The fourth-order valence-corrected chi connectivity index (χ4v) is 1.81. The van der Waals surface area contributed by atoms with Crippen molar-refractivity contribution in [3.05, 3.63) is 65.5 Å². The number of hydrogen-bond acceptors (Lipinski definition) is 3. The lowest BCUT2D eigenvalue weighted by Crippen LogP contribution is -2.21. The van der Waals surface area contributed by atoms with Crippen LogP contribution >= 0.6 is 0 Å². The zero-order chi connectivity index (χ0) is 13.7. The molecule has 0 amide bonds. The largest absolute Gasteiger partial charge is 0.505 e. The Bertz CT molecular complexity index is 531. The second kappa shape index (κ2) is 6.31. The molecule has 0 aliphatic carbocycles. The monoisotopic (exact) mass is 261 g/mol. The third-order valence-electron chi connectivity index (χ3n) is 2.86. The maximum absolute atomic E-state index is 13.1. The van der Waals surface area contributed by atoms with E-state index in [9.17, 15) is 9.50 Å². The van der Waals surface area contributed by atoms with Gasteiger partial charge in [0.25, 0.3) is 0 Å². The van der Waals surface area contributed by atoms with Crippen LogP contribution in [0.4, 0.5) is 4.39 Å². The first-order valence-electron chi connectivity index (χ1n) is 6.08. The molecule has 0 aliphatic rings. The van der Waals surface area contributed by atoms with Crippen LogP contribution in [-0.2, 0) is 6.54 Å². The number of aromatic hydroxyl groups is 1. The smallest absolute Gasteiger partial charge is 0.165 e. The molecular formula is C15H16FNO2. The second-order valence-corrected chi connectivity index (χ2v) is 4.34. The minimum absolute atomic E-state index is 0.354. The topological polar surface area (TPSA) is 52.5 Å². The van der Waals surface area contributed by atoms with E-state index in [1.807, 2.05) is 30.3 Å². The number of phenolic OH excluding ortho intramolecular Hbond substituents is 1. The summed E-state index contributed by atoms with van der Waals surface area (Å²) in [6.07, 6.45) is -0.594. The summed E-state index contributed by atoms with van der Waals surface area (Å²) >= 11 is 0. The minimum atomic E-state index is -0.636. The zero-order valence-corrected chi connectivity index (χ0v) is 10.4. The molecule has 0 saturated heterocycles. The summed E-state index contributed by atoms with van der Waals surface area (Å²) in [5, 5.41) is 22.0. The van der Waals surface area contributed by atoms with Gasteiger partial charge in [0.2, 0.25) is 0 Å². The van der Waals surface area contributed by atoms with Gasteiger partial charge in [-0.15, -0.1) is 0 Å². The number of hydrogen-bond donors (Lipinski definition) is 3. The van der Waals surface area contributed by atoms with Crippen molar-refractivity contribution in [2.75, 3.05) is 6.54 Å². The van der Waals surface area contributed by atoms with Gasteiger partial charge >= 0.3 is 0 Å². The third kappa shape index (κ3) is 3.77. The lowest BCUT2D eigenvalue weighted by Gasteiger charge is -2.12. The number of halogens is 1. The van der Waals surface area contributed by atoms with Crippen molar-refractivity contribution < 1.29 is 14.6 Å². The highest BCUT2D eigenvalue weighted by atomic mass is 19.1. The van der Waals surface area contributed by atoms with Gasteiger partial charge in [-0.2, -0.15) is 0 Å². The van der Waals surface area contributed by atoms with Crippen LogP contribution in [0.1, 0.15) is 17.2 Å².